The molecule has 0 atom stereocenters. The third-order valence-corrected chi connectivity index (χ3v) is 7.25. The lowest BCUT2D eigenvalue weighted by molar-refractivity contribution is 1.54. The zero-order valence-corrected chi connectivity index (χ0v) is 20.4. The van der Waals surface area contributed by atoms with Crippen molar-refractivity contribution in [2.75, 3.05) is 5.32 Å². The van der Waals surface area contributed by atoms with Crippen LogP contribution in [0, 0.1) is 0 Å². The number of fused-ring (bicyclic) bond motifs is 4. The highest BCUT2D eigenvalue weighted by molar-refractivity contribution is 6.13. The monoisotopic (exact) mass is 471 g/mol. The first kappa shape index (κ1) is 21.4. The lowest BCUT2D eigenvalue weighted by Crippen LogP contribution is -1.94. The maximum absolute atomic E-state index is 3.68. The predicted octanol–water partition coefficient (Wildman–Crippen LogP) is 10.2. The lowest BCUT2D eigenvalue weighted by Gasteiger charge is -2.15. The van der Waals surface area contributed by atoms with Crippen LogP contribution in [0.3, 0.4) is 0 Å². The van der Waals surface area contributed by atoms with Crippen molar-refractivity contribution in [2.24, 2.45) is 0 Å². The highest BCUT2D eigenvalue weighted by atomic mass is 14.9. The van der Waals surface area contributed by atoms with Gasteiger partial charge in [-0.2, -0.15) is 0 Å². The summed E-state index contributed by atoms with van der Waals surface area (Å²) in [5.74, 6) is 0. The Kier molecular flexibility index (Phi) is 5.19. The molecule has 0 spiro atoms. The van der Waals surface area contributed by atoms with Crippen LogP contribution in [0.15, 0.2) is 146 Å². The normalized spacial score (nSPS) is 11.2. The number of benzene rings is 7. The maximum Gasteiger partial charge on any atom is 0.0464 e. The van der Waals surface area contributed by atoms with Gasteiger partial charge < -0.3 is 5.32 Å². The molecular weight excluding hydrogens is 446 g/mol. The fraction of sp³-hybridized carbons (Fsp3) is 0. The van der Waals surface area contributed by atoms with Crippen molar-refractivity contribution in [1.29, 1.82) is 0 Å². The molecule has 0 aliphatic heterocycles. The number of para-hydroxylation sites is 1. The van der Waals surface area contributed by atoms with Crippen molar-refractivity contribution in [3.8, 4) is 22.3 Å². The molecule has 37 heavy (non-hydrogen) atoms. The Morgan fingerprint density at radius 3 is 1.78 bits per heavy atom. The van der Waals surface area contributed by atoms with Gasteiger partial charge in [0.2, 0.25) is 0 Å². The average Bonchev–Trinajstić information content (AvgIpc) is 2.97. The Bertz CT molecular complexity index is 1890. The van der Waals surface area contributed by atoms with E-state index in [1.165, 1.54) is 54.6 Å². The van der Waals surface area contributed by atoms with Gasteiger partial charge in [-0.05, 0) is 73.3 Å². The molecule has 0 heterocycles. The molecule has 0 saturated heterocycles. The van der Waals surface area contributed by atoms with Crippen LogP contribution in [0.4, 0.5) is 11.4 Å². The third-order valence-electron chi connectivity index (χ3n) is 7.25. The number of hydrogen-bond donors (Lipinski definition) is 1. The molecule has 0 fully saturated rings. The molecule has 1 N–H and O–H groups in total. The molecule has 0 aromatic heterocycles. The molecule has 0 unspecified atom stereocenters. The SMILES string of the molecule is c1ccc(-c2cccc3ccccc23)c(Nc2ccc(-c3cc4ccccc4c4ccccc34)cc2)c1. The standard InChI is InChI=1S/C36H25N/c1-3-13-29-25(10-1)12-9-18-32(29)34-17-7-8-19-36(34)37-28-22-20-26(21-23-28)35-24-27-11-2-4-14-30(27)31-15-5-6-16-33(31)35/h1-24,37H. The van der Waals surface area contributed by atoms with Crippen LogP contribution >= 0.6 is 0 Å². The van der Waals surface area contributed by atoms with Crippen molar-refractivity contribution < 1.29 is 0 Å². The van der Waals surface area contributed by atoms with E-state index in [1.54, 1.807) is 0 Å². The second-order valence-electron chi connectivity index (χ2n) is 9.47. The first-order valence-electron chi connectivity index (χ1n) is 12.7. The van der Waals surface area contributed by atoms with Gasteiger partial charge in [0, 0.05) is 16.9 Å². The Morgan fingerprint density at radius 1 is 0.351 bits per heavy atom. The Balaban J connectivity index is 1.27. The molecule has 174 valence electrons. The van der Waals surface area contributed by atoms with Gasteiger partial charge in [0.25, 0.3) is 0 Å². The van der Waals surface area contributed by atoms with E-state index in [4.69, 9.17) is 0 Å². The minimum Gasteiger partial charge on any atom is -0.355 e. The summed E-state index contributed by atoms with van der Waals surface area (Å²) in [6.45, 7) is 0. The fourth-order valence-electron chi connectivity index (χ4n) is 5.47. The number of rotatable bonds is 4. The highest BCUT2D eigenvalue weighted by Crippen LogP contribution is 2.37. The summed E-state index contributed by atoms with van der Waals surface area (Å²) < 4.78 is 0. The molecule has 0 radical (unpaired) electrons. The van der Waals surface area contributed by atoms with Crippen LogP contribution in [0.5, 0.6) is 0 Å². The number of hydrogen-bond acceptors (Lipinski definition) is 1. The van der Waals surface area contributed by atoms with Gasteiger partial charge in [0.1, 0.15) is 0 Å². The van der Waals surface area contributed by atoms with Gasteiger partial charge in [0.05, 0.1) is 0 Å². The Labute approximate surface area is 216 Å². The van der Waals surface area contributed by atoms with Gasteiger partial charge >= 0.3 is 0 Å². The lowest BCUT2D eigenvalue weighted by atomic mass is 9.93. The summed E-state index contributed by atoms with van der Waals surface area (Å²) in [4.78, 5) is 0. The molecule has 0 amide bonds. The number of nitrogens with one attached hydrogen (secondary N) is 1. The van der Waals surface area contributed by atoms with E-state index in [1.807, 2.05) is 0 Å². The molecule has 0 saturated carbocycles. The quantitative estimate of drug-likeness (QED) is 0.252. The molecule has 7 rings (SSSR count). The van der Waals surface area contributed by atoms with Crippen molar-refractivity contribution in [3.63, 3.8) is 0 Å². The molecule has 0 aliphatic carbocycles. The largest absolute Gasteiger partial charge is 0.355 e. The van der Waals surface area contributed by atoms with Gasteiger partial charge in [-0.1, -0.05) is 121 Å². The minimum atomic E-state index is 1.07. The fourth-order valence-corrected chi connectivity index (χ4v) is 5.47. The van der Waals surface area contributed by atoms with Crippen LogP contribution in [-0.2, 0) is 0 Å². The van der Waals surface area contributed by atoms with E-state index in [0.29, 0.717) is 0 Å². The van der Waals surface area contributed by atoms with E-state index in [9.17, 15) is 0 Å². The summed E-state index contributed by atoms with van der Waals surface area (Å²) in [7, 11) is 0. The van der Waals surface area contributed by atoms with Crippen LogP contribution in [0.1, 0.15) is 0 Å². The molecule has 0 bridgehead atoms. The van der Waals surface area contributed by atoms with E-state index >= 15 is 0 Å². The topological polar surface area (TPSA) is 12.0 Å². The Hall–Kier alpha value is -4.88. The minimum absolute atomic E-state index is 1.07. The first-order chi connectivity index (χ1) is 18.3. The van der Waals surface area contributed by atoms with Gasteiger partial charge in [-0.3, -0.25) is 0 Å². The van der Waals surface area contributed by atoms with Gasteiger partial charge in [-0.15, -0.1) is 0 Å². The molecule has 7 aromatic rings. The van der Waals surface area contributed by atoms with Gasteiger partial charge in [-0.25, -0.2) is 0 Å². The third kappa shape index (κ3) is 3.82. The molecule has 1 nitrogen and oxygen atoms in total. The van der Waals surface area contributed by atoms with Crippen LogP contribution in [0.2, 0.25) is 0 Å². The molecule has 0 aliphatic rings. The van der Waals surface area contributed by atoms with E-state index in [2.05, 4.69) is 151 Å². The Morgan fingerprint density at radius 2 is 0.946 bits per heavy atom. The van der Waals surface area contributed by atoms with Crippen LogP contribution in [0.25, 0.3) is 54.6 Å². The summed E-state index contributed by atoms with van der Waals surface area (Å²) in [5.41, 5.74) is 7.08. The zero-order valence-electron chi connectivity index (χ0n) is 20.4. The summed E-state index contributed by atoms with van der Waals surface area (Å²) in [5, 5.41) is 11.3. The van der Waals surface area contributed by atoms with Gasteiger partial charge in [0.15, 0.2) is 0 Å². The summed E-state index contributed by atoms with van der Waals surface area (Å²) in [6.07, 6.45) is 0. The first-order valence-corrected chi connectivity index (χ1v) is 12.7. The average molecular weight is 472 g/mol. The molecule has 1 heteroatoms. The zero-order chi connectivity index (χ0) is 24.6. The van der Waals surface area contributed by atoms with Crippen molar-refractivity contribution in [2.45, 2.75) is 0 Å². The molecule has 7 aromatic carbocycles. The molecular formula is C36H25N. The van der Waals surface area contributed by atoms with E-state index < -0.39 is 0 Å². The summed E-state index contributed by atoms with van der Waals surface area (Å²) in [6, 6.07) is 52.1. The second kappa shape index (κ2) is 8.96. The summed E-state index contributed by atoms with van der Waals surface area (Å²) >= 11 is 0. The predicted molar refractivity (Wildman–Crippen MR) is 160 cm³/mol. The van der Waals surface area contributed by atoms with E-state index in [0.717, 1.165) is 11.4 Å². The maximum atomic E-state index is 3.68. The van der Waals surface area contributed by atoms with Crippen molar-refractivity contribution >= 4 is 43.7 Å². The highest BCUT2D eigenvalue weighted by Gasteiger charge is 2.10. The van der Waals surface area contributed by atoms with E-state index in [-0.39, 0.29) is 0 Å². The van der Waals surface area contributed by atoms with Crippen LogP contribution < -0.4 is 5.32 Å². The van der Waals surface area contributed by atoms with Crippen LogP contribution in [-0.4, -0.2) is 0 Å². The van der Waals surface area contributed by atoms with Crippen molar-refractivity contribution in [3.05, 3.63) is 146 Å². The van der Waals surface area contributed by atoms with Crippen molar-refractivity contribution in [1.82, 2.24) is 0 Å². The smallest absolute Gasteiger partial charge is 0.0464 e. The second-order valence-corrected chi connectivity index (χ2v) is 9.47. The number of anilines is 2.